The van der Waals surface area contributed by atoms with Gasteiger partial charge in [-0.2, -0.15) is 5.10 Å². The van der Waals surface area contributed by atoms with Crippen LogP contribution in [0, 0.1) is 17.7 Å². The molecule has 0 saturated carbocycles. The van der Waals surface area contributed by atoms with E-state index in [4.69, 9.17) is 0 Å². The van der Waals surface area contributed by atoms with Crippen LogP contribution in [0.1, 0.15) is 24.4 Å². The van der Waals surface area contributed by atoms with Crippen LogP contribution in [-0.2, 0) is 13.1 Å². The van der Waals surface area contributed by atoms with Gasteiger partial charge in [-0.1, -0.05) is 12.1 Å². The average Bonchev–Trinajstić information content (AvgIpc) is 3.21. The number of likely N-dealkylation sites (tertiary alicyclic amines) is 2. The first-order valence-corrected chi connectivity index (χ1v) is 8.70. The van der Waals surface area contributed by atoms with Crippen LogP contribution >= 0.6 is 12.4 Å². The number of fused-ring (bicyclic) bond motifs is 1. The van der Waals surface area contributed by atoms with Gasteiger partial charge in [-0.25, -0.2) is 14.1 Å². The van der Waals surface area contributed by atoms with E-state index in [0.717, 1.165) is 44.1 Å². The summed E-state index contributed by atoms with van der Waals surface area (Å²) in [5.74, 6) is 2.08. The van der Waals surface area contributed by atoms with Crippen LogP contribution < -0.4 is 0 Å². The predicted molar refractivity (Wildman–Crippen MR) is 97.0 cm³/mol. The minimum absolute atomic E-state index is 0. The largest absolute Gasteiger partial charge is 0.299 e. The SMILES string of the molecule is CCn1ncnc1CN1C[C@@H]2CN(C)[C@@H](c3cccc(F)c3)[C@@H]2C1.Cl. The van der Waals surface area contributed by atoms with Gasteiger partial charge in [-0.05, 0) is 43.5 Å². The van der Waals surface area contributed by atoms with E-state index in [1.165, 1.54) is 6.07 Å². The summed E-state index contributed by atoms with van der Waals surface area (Å²) in [7, 11) is 2.16. The Bertz CT molecular complexity index is 721. The van der Waals surface area contributed by atoms with E-state index in [0.29, 0.717) is 17.9 Å². The van der Waals surface area contributed by atoms with Gasteiger partial charge in [-0.15, -0.1) is 12.4 Å². The van der Waals surface area contributed by atoms with Crippen molar-refractivity contribution in [2.45, 2.75) is 26.1 Å². The second kappa shape index (κ2) is 7.40. The van der Waals surface area contributed by atoms with Crippen LogP contribution in [0.15, 0.2) is 30.6 Å². The molecule has 2 fully saturated rings. The first-order valence-electron chi connectivity index (χ1n) is 8.70. The summed E-state index contributed by atoms with van der Waals surface area (Å²) in [6, 6.07) is 7.40. The zero-order valence-electron chi connectivity index (χ0n) is 14.7. The van der Waals surface area contributed by atoms with E-state index in [9.17, 15) is 4.39 Å². The van der Waals surface area contributed by atoms with Gasteiger partial charge in [-0.3, -0.25) is 9.80 Å². The summed E-state index contributed by atoms with van der Waals surface area (Å²) in [6.07, 6.45) is 1.64. The molecule has 3 atom stereocenters. The lowest BCUT2D eigenvalue weighted by molar-refractivity contribution is 0.220. The van der Waals surface area contributed by atoms with Crippen LogP contribution in [0.25, 0.3) is 0 Å². The minimum atomic E-state index is -0.143. The number of hydrogen-bond acceptors (Lipinski definition) is 4. The Kier molecular flexibility index (Phi) is 5.41. The van der Waals surface area contributed by atoms with Gasteiger partial charge in [0.25, 0.3) is 0 Å². The molecule has 1 aromatic heterocycles. The summed E-state index contributed by atoms with van der Waals surface area (Å²) in [4.78, 5) is 9.26. The normalized spacial score (nSPS) is 26.6. The fraction of sp³-hybridized carbons (Fsp3) is 0.556. The molecule has 0 amide bonds. The monoisotopic (exact) mass is 365 g/mol. The molecule has 0 radical (unpaired) electrons. The lowest BCUT2D eigenvalue weighted by atomic mass is 9.89. The molecule has 25 heavy (non-hydrogen) atoms. The van der Waals surface area contributed by atoms with E-state index in [2.05, 4.69) is 39.9 Å². The molecule has 0 spiro atoms. The molecule has 2 aliphatic rings. The van der Waals surface area contributed by atoms with Crippen molar-refractivity contribution in [1.29, 1.82) is 0 Å². The lowest BCUT2D eigenvalue weighted by Gasteiger charge is -2.26. The highest BCUT2D eigenvalue weighted by atomic mass is 35.5. The van der Waals surface area contributed by atoms with Gasteiger partial charge in [0.2, 0.25) is 0 Å². The zero-order chi connectivity index (χ0) is 16.7. The van der Waals surface area contributed by atoms with E-state index >= 15 is 0 Å². The molecule has 0 unspecified atom stereocenters. The number of benzene rings is 1. The topological polar surface area (TPSA) is 37.2 Å². The number of nitrogens with zero attached hydrogens (tertiary/aromatic N) is 5. The summed E-state index contributed by atoms with van der Waals surface area (Å²) in [5, 5.41) is 4.26. The zero-order valence-corrected chi connectivity index (χ0v) is 15.5. The Morgan fingerprint density at radius 1 is 1.24 bits per heavy atom. The third-order valence-corrected chi connectivity index (χ3v) is 5.52. The summed E-state index contributed by atoms with van der Waals surface area (Å²) < 4.78 is 15.6. The molecule has 2 saturated heterocycles. The third-order valence-electron chi connectivity index (χ3n) is 5.52. The van der Waals surface area contributed by atoms with Crippen molar-refractivity contribution < 1.29 is 4.39 Å². The van der Waals surface area contributed by atoms with Crippen molar-refractivity contribution in [3.05, 3.63) is 47.8 Å². The molecule has 0 N–H and O–H groups in total. The third kappa shape index (κ3) is 3.43. The highest BCUT2D eigenvalue weighted by molar-refractivity contribution is 5.85. The lowest BCUT2D eigenvalue weighted by Crippen LogP contribution is -2.29. The Morgan fingerprint density at radius 3 is 2.84 bits per heavy atom. The van der Waals surface area contributed by atoms with Gasteiger partial charge >= 0.3 is 0 Å². The number of aryl methyl sites for hydroxylation is 1. The van der Waals surface area contributed by atoms with Gasteiger partial charge in [0, 0.05) is 32.2 Å². The molecule has 1 aromatic carbocycles. The quantitative estimate of drug-likeness (QED) is 0.834. The molecule has 136 valence electrons. The van der Waals surface area contributed by atoms with Gasteiger partial charge in [0.05, 0.1) is 6.54 Å². The smallest absolute Gasteiger partial charge is 0.140 e. The van der Waals surface area contributed by atoms with Gasteiger partial charge in [0.1, 0.15) is 18.0 Å². The van der Waals surface area contributed by atoms with Crippen molar-refractivity contribution in [2.24, 2.45) is 11.8 Å². The first-order chi connectivity index (χ1) is 11.7. The van der Waals surface area contributed by atoms with Crippen molar-refractivity contribution in [1.82, 2.24) is 24.6 Å². The minimum Gasteiger partial charge on any atom is -0.299 e. The Hall–Kier alpha value is -1.50. The first kappa shape index (κ1) is 18.3. The standard InChI is InChI=1S/C18H24FN5.ClH/c1-3-24-17(20-12-21-24)11-23-9-14-8-22(2)18(16(14)10-23)13-5-4-6-15(19)7-13;/h4-7,12,14,16,18H,3,8-11H2,1-2H3;1H/t14-,16+,18-;/m0./s1. The summed E-state index contributed by atoms with van der Waals surface area (Å²) in [6.45, 7) is 6.98. The fourth-order valence-corrected chi connectivity index (χ4v) is 4.55. The van der Waals surface area contributed by atoms with Gasteiger partial charge < -0.3 is 0 Å². The molecule has 0 aliphatic carbocycles. The summed E-state index contributed by atoms with van der Waals surface area (Å²) in [5.41, 5.74) is 1.10. The summed E-state index contributed by atoms with van der Waals surface area (Å²) >= 11 is 0. The van der Waals surface area contributed by atoms with Crippen LogP contribution in [0.2, 0.25) is 0 Å². The Balaban J connectivity index is 0.00000182. The molecule has 0 bridgehead atoms. The molecule has 4 rings (SSSR count). The van der Waals surface area contributed by atoms with Crippen LogP contribution in [0.5, 0.6) is 0 Å². The van der Waals surface area contributed by atoms with Crippen LogP contribution in [0.3, 0.4) is 0 Å². The predicted octanol–water partition coefficient (Wildman–Crippen LogP) is 2.59. The Morgan fingerprint density at radius 2 is 2.08 bits per heavy atom. The molecular formula is C18H25ClFN5. The maximum atomic E-state index is 13.7. The van der Waals surface area contributed by atoms with Crippen LogP contribution in [0.4, 0.5) is 4.39 Å². The van der Waals surface area contributed by atoms with E-state index in [1.807, 2.05) is 10.7 Å². The number of hydrogen-bond donors (Lipinski definition) is 0. The highest BCUT2D eigenvalue weighted by Gasteiger charge is 2.46. The molecule has 2 aromatic rings. The molecule has 5 nitrogen and oxygen atoms in total. The maximum Gasteiger partial charge on any atom is 0.140 e. The van der Waals surface area contributed by atoms with E-state index in [-0.39, 0.29) is 18.2 Å². The Labute approximate surface area is 154 Å². The van der Waals surface area contributed by atoms with Crippen LogP contribution in [-0.4, -0.2) is 51.2 Å². The van der Waals surface area contributed by atoms with Gasteiger partial charge in [0.15, 0.2) is 0 Å². The van der Waals surface area contributed by atoms with Crippen molar-refractivity contribution in [2.75, 3.05) is 26.7 Å². The fourth-order valence-electron chi connectivity index (χ4n) is 4.55. The molecule has 2 aliphatic heterocycles. The number of rotatable bonds is 4. The second-order valence-corrected chi connectivity index (χ2v) is 7.05. The second-order valence-electron chi connectivity index (χ2n) is 7.05. The number of aromatic nitrogens is 3. The maximum absolute atomic E-state index is 13.7. The van der Waals surface area contributed by atoms with Crippen molar-refractivity contribution in [3.8, 4) is 0 Å². The number of halogens is 2. The van der Waals surface area contributed by atoms with E-state index < -0.39 is 0 Å². The van der Waals surface area contributed by atoms with Crippen molar-refractivity contribution in [3.63, 3.8) is 0 Å². The van der Waals surface area contributed by atoms with E-state index in [1.54, 1.807) is 12.4 Å². The van der Waals surface area contributed by atoms with Crippen molar-refractivity contribution >= 4 is 12.4 Å². The molecule has 7 heteroatoms. The molecular weight excluding hydrogens is 341 g/mol. The highest BCUT2D eigenvalue weighted by Crippen LogP contribution is 2.44. The average molecular weight is 366 g/mol. The molecule has 3 heterocycles.